The molecule has 2 aromatic rings. The second-order valence-corrected chi connectivity index (χ2v) is 3.59. The van der Waals surface area contributed by atoms with Crippen molar-refractivity contribution >= 4 is 11.8 Å². The normalized spacial score (nSPS) is 10.2. The first-order valence-electron chi connectivity index (χ1n) is 5.06. The standard InChI is InChI=1S/C11H9N3O4/c15-11(16)9-10(14(17)18)13(7-12-9)6-8-4-2-1-3-5-8/h1-5,7H,6H2,(H,15,16). The van der Waals surface area contributed by atoms with Crippen LogP contribution in [0.3, 0.4) is 0 Å². The average Bonchev–Trinajstić information content (AvgIpc) is 2.74. The molecule has 0 saturated heterocycles. The molecule has 0 spiro atoms. The third kappa shape index (κ3) is 2.19. The Kier molecular flexibility index (Phi) is 3.05. The number of nitrogens with zero attached hydrogens (tertiary/aromatic N) is 3. The third-order valence-electron chi connectivity index (χ3n) is 2.38. The lowest BCUT2D eigenvalue weighted by Gasteiger charge is -2.01. The van der Waals surface area contributed by atoms with E-state index in [4.69, 9.17) is 5.11 Å². The second-order valence-electron chi connectivity index (χ2n) is 3.59. The predicted octanol–water partition coefficient (Wildman–Crippen LogP) is 1.54. The summed E-state index contributed by atoms with van der Waals surface area (Å²) in [5.74, 6) is -1.92. The van der Waals surface area contributed by atoms with E-state index in [0.29, 0.717) is 0 Å². The summed E-state index contributed by atoms with van der Waals surface area (Å²) >= 11 is 0. The van der Waals surface area contributed by atoms with Gasteiger partial charge in [0.1, 0.15) is 6.54 Å². The number of carboxylic acid groups (broad SMARTS) is 1. The largest absolute Gasteiger partial charge is 0.476 e. The summed E-state index contributed by atoms with van der Waals surface area (Å²) in [7, 11) is 0. The number of aromatic carboxylic acids is 1. The molecule has 92 valence electrons. The van der Waals surface area contributed by atoms with Crippen LogP contribution in [0.25, 0.3) is 0 Å². The molecule has 0 aliphatic rings. The zero-order chi connectivity index (χ0) is 13.1. The lowest BCUT2D eigenvalue weighted by atomic mass is 10.2. The molecule has 7 heteroatoms. The van der Waals surface area contributed by atoms with Gasteiger partial charge < -0.3 is 15.2 Å². The van der Waals surface area contributed by atoms with E-state index in [0.717, 1.165) is 11.9 Å². The van der Waals surface area contributed by atoms with Crippen LogP contribution in [0.5, 0.6) is 0 Å². The van der Waals surface area contributed by atoms with Gasteiger partial charge in [-0.3, -0.25) is 0 Å². The Morgan fingerprint density at radius 2 is 2.06 bits per heavy atom. The fraction of sp³-hybridized carbons (Fsp3) is 0.0909. The number of nitro groups is 1. The maximum Gasteiger partial charge on any atom is 0.363 e. The predicted molar refractivity (Wildman–Crippen MR) is 61.4 cm³/mol. The summed E-state index contributed by atoms with van der Waals surface area (Å²) in [6.07, 6.45) is 1.16. The maximum atomic E-state index is 10.9. The molecule has 1 N–H and O–H groups in total. The van der Waals surface area contributed by atoms with Crippen LogP contribution in [-0.4, -0.2) is 25.6 Å². The smallest absolute Gasteiger partial charge is 0.363 e. The van der Waals surface area contributed by atoms with E-state index in [1.165, 1.54) is 4.57 Å². The van der Waals surface area contributed by atoms with Crippen LogP contribution < -0.4 is 0 Å². The molecule has 0 atom stereocenters. The molecule has 2 rings (SSSR count). The van der Waals surface area contributed by atoms with E-state index in [1.54, 1.807) is 24.3 Å². The molecule has 0 aliphatic carbocycles. The zero-order valence-electron chi connectivity index (χ0n) is 9.18. The number of benzene rings is 1. The van der Waals surface area contributed by atoms with Crippen LogP contribution in [0.15, 0.2) is 36.7 Å². The van der Waals surface area contributed by atoms with Gasteiger partial charge in [-0.25, -0.2) is 14.3 Å². The molecule has 1 heterocycles. The number of carbonyl (C=O) groups is 1. The first-order chi connectivity index (χ1) is 8.59. The van der Waals surface area contributed by atoms with Crippen LogP contribution >= 0.6 is 0 Å². The Morgan fingerprint density at radius 3 is 2.61 bits per heavy atom. The first kappa shape index (κ1) is 11.8. The molecule has 0 bridgehead atoms. The number of imidazole rings is 1. The Hall–Kier alpha value is -2.70. The summed E-state index contributed by atoms with van der Waals surface area (Å²) in [5, 5.41) is 19.7. The molecule has 0 radical (unpaired) electrons. The topological polar surface area (TPSA) is 98.3 Å². The molecule has 0 aliphatic heterocycles. The zero-order valence-corrected chi connectivity index (χ0v) is 9.18. The minimum atomic E-state index is -1.41. The Labute approximate surface area is 101 Å². The van der Waals surface area contributed by atoms with Gasteiger partial charge in [0.15, 0.2) is 6.33 Å². The van der Waals surface area contributed by atoms with Crippen LogP contribution in [0, 0.1) is 10.1 Å². The van der Waals surface area contributed by atoms with E-state index in [-0.39, 0.29) is 6.54 Å². The van der Waals surface area contributed by atoms with Gasteiger partial charge >= 0.3 is 11.8 Å². The molecule has 0 saturated carbocycles. The maximum absolute atomic E-state index is 10.9. The molecular formula is C11H9N3O4. The molecular weight excluding hydrogens is 238 g/mol. The SMILES string of the molecule is O=C(O)c1ncn(Cc2ccccc2)c1[N+](=O)[O-]. The number of rotatable bonds is 4. The number of aromatic nitrogens is 2. The Bertz CT molecular complexity index is 592. The molecule has 0 unspecified atom stereocenters. The van der Waals surface area contributed by atoms with Crippen LogP contribution in [-0.2, 0) is 6.54 Å². The van der Waals surface area contributed by atoms with Crippen molar-refractivity contribution < 1.29 is 14.8 Å². The summed E-state index contributed by atoms with van der Waals surface area (Å²) < 4.78 is 1.21. The molecule has 0 fully saturated rings. The van der Waals surface area contributed by atoms with Gasteiger partial charge in [0.2, 0.25) is 5.69 Å². The average molecular weight is 247 g/mol. The van der Waals surface area contributed by atoms with Gasteiger partial charge in [-0.1, -0.05) is 30.3 Å². The van der Waals surface area contributed by atoms with Gasteiger partial charge in [-0.2, -0.15) is 0 Å². The third-order valence-corrected chi connectivity index (χ3v) is 2.38. The quantitative estimate of drug-likeness (QED) is 0.652. The van der Waals surface area contributed by atoms with E-state index in [1.807, 2.05) is 6.07 Å². The van der Waals surface area contributed by atoms with E-state index >= 15 is 0 Å². The number of carboxylic acids is 1. The lowest BCUT2D eigenvalue weighted by molar-refractivity contribution is -0.392. The van der Waals surface area contributed by atoms with Gasteiger partial charge in [-0.15, -0.1) is 0 Å². The van der Waals surface area contributed by atoms with Crippen molar-refractivity contribution in [1.82, 2.24) is 9.55 Å². The summed E-state index contributed by atoms with van der Waals surface area (Å²) in [6, 6.07) is 9.02. The fourth-order valence-corrected chi connectivity index (χ4v) is 1.61. The highest BCUT2D eigenvalue weighted by molar-refractivity contribution is 5.89. The minimum absolute atomic E-state index is 0.206. The number of hydrogen-bond acceptors (Lipinski definition) is 4. The Morgan fingerprint density at radius 1 is 1.39 bits per heavy atom. The van der Waals surface area contributed by atoms with Gasteiger partial charge in [-0.05, 0) is 10.5 Å². The van der Waals surface area contributed by atoms with Crippen LogP contribution in [0.1, 0.15) is 16.1 Å². The highest BCUT2D eigenvalue weighted by Gasteiger charge is 2.26. The van der Waals surface area contributed by atoms with Crippen LogP contribution in [0.2, 0.25) is 0 Å². The van der Waals surface area contributed by atoms with E-state index in [9.17, 15) is 14.9 Å². The molecule has 0 amide bonds. The van der Waals surface area contributed by atoms with Crippen molar-refractivity contribution in [3.8, 4) is 0 Å². The fourth-order valence-electron chi connectivity index (χ4n) is 1.61. The monoisotopic (exact) mass is 247 g/mol. The minimum Gasteiger partial charge on any atom is -0.476 e. The summed E-state index contributed by atoms with van der Waals surface area (Å²) in [5.41, 5.74) is 0.283. The molecule has 18 heavy (non-hydrogen) atoms. The Balaban J connectivity index is 2.40. The summed E-state index contributed by atoms with van der Waals surface area (Å²) in [6.45, 7) is 0.206. The van der Waals surface area contributed by atoms with Gasteiger partial charge in [0, 0.05) is 0 Å². The lowest BCUT2D eigenvalue weighted by Crippen LogP contribution is -2.07. The van der Waals surface area contributed by atoms with Crippen molar-refractivity contribution in [3.63, 3.8) is 0 Å². The van der Waals surface area contributed by atoms with Crippen molar-refractivity contribution in [3.05, 3.63) is 58.0 Å². The molecule has 7 nitrogen and oxygen atoms in total. The highest BCUT2D eigenvalue weighted by atomic mass is 16.6. The van der Waals surface area contributed by atoms with Crippen LogP contribution in [0.4, 0.5) is 5.82 Å². The summed E-state index contributed by atoms with van der Waals surface area (Å²) in [4.78, 5) is 24.5. The van der Waals surface area contributed by atoms with Gasteiger partial charge in [0.05, 0.1) is 0 Å². The van der Waals surface area contributed by atoms with Crippen molar-refractivity contribution in [1.29, 1.82) is 0 Å². The highest BCUT2D eigenvalue weighted by Crippen LogP contribution is 2.18. The van der Waals surface area contributed by atoms with E-state index in [2.05, 4.69) is 4.98 Å². The first-order valence-corrected chi connectivity index (χ1v) is 5.06. The van der Waals surface area contributed by atoms with Crippen molar-refractivity contribution in [2.75, 3.05) is 0 Å². The van der Waals surface area contributed by atoms with Crippen molar-refractivity contribution in [2.45, 2.75) is 6.54 Å². The van der Waals surface area contributed by atoms with Gasteiger partial charge in [0.25, 0.3) is 0 Å². The molecule has 1 aromatic heterocycles. The second kappa shape index (κ2) is 4.66. The van der Waals surface area contributed by atoms with E-state index < -0.39 is 22.4 Å². The van der Waals surface area contributed by atoms with Crippen molar-refractivity contribution in [2.24, 2.45) is 0 Å². The molecule has 1 aromatic carbocycles. The number of hydrogen-bond donors (Lipinski definition) is 1.